The van der Waals surface area contributed by atoms with Gasteiger partial charge in [0, 0.05) is 0 Å². The second-order valence-electron chi connectivity index (χ2n) is 2.93. The van der Waals surface area contributed by atoms with E-state index in [4.69, 9.17) is 0 Å². The fraction of sp³-hybridized carbons (Fsp3) is 0.250. The highest BCUT2D eigenvalue weighted by Gasteiger charge is 2.02. The molecule has 1 heterocycles. The molecule has 0 fully saturated rings. The summed E-state index contributed by atoms with van der Waals surface area (Å²) < 4.78 is 0. The Labute approximate surface area is 89.5 Å². The number of rotatable bonds is 4. The Kier molecular flexibility index (Phi) is 4.33. The van der Waals surface area contributed by atoms with Gasteiger partial charge in [-0.3, -0.25) is 0 Å². The zero-order chi connectivity index (χ0) is 10.4. The quantitative estimate of drug-likeness (QED) is 0.677. The summed E-state index contributed by atoms with van der Waals surface area (Å²) in [5.74, 6) is 0. The van der Waals surface area contributed by atoms with Crippen LogP contribution in [0.15, 0.2) is 36.4 Å². The maximum absolute atomic E-state index is 4.22. The molecule has 0 atom stereocenters. The molecule has 1 aromatic heterocycles. The van der Waals surface area contributed by atoms with Gasteiger partial charge in [-0.05, 0) is 18.9 Å². The Morgan fingerprint density at radius 3 is 2.93 bits per heavy atom. The lowest BCUT2D eigenvalue weighted by Crippen LogP contribution is -1.79. The van der Waals surface area contributed by atoms with Crippen molar-refractivity contribution in [1.82, 2.24) is 4.98 Å². The van der Waals surface area contributed by atoms with Gasteiger partial charge in [0.15, 0.2) is 0 Å². The van der Waals surface area contributed by atoms with Crippen LogP contribution in [0.2, 0.25) is 0 Å². The summed E-state index contributed by atoms with van der Waals surface area (Å²) in [5, 5.41) is 0. The van der Waals surface area contributed by atoms with Gasteiger partial charge in [0.05, 0.1) is 16.1 Å². The van der Waals surface area contributed by atoms with Crippen LogP contribution in [0.4, 0.5) is 0 Å². The molecule has 0 saturated carbocycles. The zero-order valence-corrected chi connectivity index (χ0v) is 9.47. The van der Waals surface area contributed by atoms with Crippen molar-refractivity contribution in [3.8, 4) is 0 Å². The molecule has 1 nitrogen and oxygen atoms in total. The highest BCUT2D eigenvalue weighted by atomic mass is 32.1. The van der Waals surface area contributed by atoms with Gasteiger partial charge in [0.1, 0.15) is 0 Å². The maximum Gasteiger partial charge on any atom is 0.0801 e. The van der Waals surface area contributed by atoms with Crippen molar-refractivity contribution in [2.75, 3.05) is 0 Å². The molecule has 0 saturated heterocycles. The van der Waals surface area contributed by atoms with Crippen LogP contribution in [0.1, 0.15) is 23.9 Å². The van der Waals surface area contributed by atoms with Crippen LogP contribution in [-0.2, 0) is 0 Å². The van der Waals surface area contributed by atoms with Gasteiger partial charge in [0.2, 0.25) is 0 Å². The Morgan fingerprint density at radius 1 is 1.64 bits per heavy atom. The minimum atomic E-state index is 1.06. The van der Waals surface area contributed by atoms with Crippen molar-refractivity contribution >= 4 is 16.9 Å². The Balaban J connectivity index is 2.93. The van der Waals surface area contributed by atoms with E-state index in [9.17, 15) is 0 Å². The molecule has 1 aromatic rings. The summed E-state index contributed by atoms with van der Waals surface area (Å²) in [5.41, 5.74) is 4.09. The molecule has 0 spiro atoms. The first kappa shape index (κ1) is 10.9. The Hall–Kier alpha value is -1.15. The predicted octanol–water partition coefficient (Wildman–Crippen LogP) is 3.99. The second-order valence-corrected chi connectivity index (χ2v) is 3.78. The lowest BCUT2D eigenvalue weighted by molar-refractivity contribution is 1.22. The van der Waals surface area contributed by atoms with Gasteiger partial charge in [-0.15, -0.1) is 11.3 Å². The van der Waals surface area contributed by atoms with Crippen LogP contribution in [0.5, 0.6) is 0 Å². The summed E-state index contributed by atoms with van der Waals surface area (Å²) in [7, 11) is 0. The molecule has 74 valence electrons. The molecular formula is C12H15NS. The van der Waals surface area contributed by atoms with Gasteiger partial charge in [-0.2, -0.15) is 0 Å². The average Bonchev–Trinajstić information content (AvgIpc) is 2.60. The topological polar surface area (TPSA) is 12.9 Å². The van der Waals surface area contributed by atoms with Gasteiger partial charge >= 0.3 is 0 Å². The van der Waals surface area contributed by atoms with E-state index in [0.29, 0.717) is 0 Å². The van der Waals surface area contributed by atoms with E-state index < -0.39 is 0 Å². The summed E-state index contributed by atoms with van der Waals surface area (Å²) >= 11 is 1.66. The van der Waals surface area contributed by atoms with E-state index in [2.05, 4.69) is 36.7 Å². The summed E-state index contributed by atoms with van der Waals surface area (Å²) in [6, 6.07) is 0. The van der Waals surface area contributed by atoms with E-state index in [1.165, 1.54) is 4.88 Å². The van der Waals surface area contributed by atoms with Crippen molar-refractivity contribution in [2.45, 2.75) is 20.3 Å². The SMILES string of the molecule is C=C/C(=C\C=C\CC)c1scnc1C. The van der Waals surface area contributed by atoms with Gasteiger partial charge in [-0.1, -0.05) is 37.8 Å². The molecule has 0 bridgehead atoms. The van der Waals surface area contributed by atoms with Crippen LogP contribution in [-0.4, -0.2) is 4.98 Å². The van der Waals surface area contributed by atoms with Crippen LogP contribution >= 0.6 is 11.3 Å². The number of allylic oxidation sites excluding steroid dienone is 5. The smallest absolute Gasteiger partial charge is 0.0801 e. The lowest BCUT2D eigenvalue weighted by atomic mass is 10.1. The molecule has 0 aliphatic rings. The van der Waals surface area contributed by atoms with Crippen LogP contribution in [0, 0.1) is 6.92 Å². The maximum atomic E-state index is 4.22. The molecule has 0 aliphatic carbocycles. The van der Waals surface area contributed by atoms with Crippen molar-refractivity contribution < 1.29 is 0 Å². The Morgan fingerprint density at radius 2 is 2.43 bits per heavy atom. The largest absolute Gasteiger partial charge is 0.249 e. The fourth-order valence-electron chi connectivity index (χ4n) is 1.12. The number of nitrogens with zero attached hydrogens (tertiary/aromatic N) is 1. The first-order valence-electron chi connectivity index (χ1n) is 4.69. The van der Waals surface area contributed by atoms with E-state index in [0.717, 1.165) is 17.7 Å². The van der Waals surface area contributed by atoms with Crippen molar-refractivity contribution in [1.29, 1.82) is 0 Å². The highest BCUT2D eigenvalue weighted by molar-refractivity contribution is 7.11. The molecular weight excluding hydrogens is 190 g/mol. The minimum Gasteiger partial charge on any atom is -0.249 e. The van der Waals surface area contributed by atoms with Gasteiger partial charge < -0.3 is 0 Å². The first-order chi connectivity index (χ1) is 6.79. The van der Waals surface area contributed by atoms with E-state index in [-0.39, 0.29) is 0 Å². The van der Waals surface area contributed by atoms with E-state index in [1.807, 2.05) is 18.5 Å². The molecule has 0 aromatic carbocycles. The molecule has 0 amide bonds. The van der Waals surface area contributed by atoms with E-state index >= 15 is 0 Å². The first-order valence-corrected chi connectivity index (χ1v) is 5.57. The molecule has 1 rings (SSSR count). The standard InChI is InChI=1S/C12H15NS/c1-4-6-7-8-11(5-2)12-10(3)13-9-14-12/h5-9H,2,4H2,1,3H3/b7-6+,11-8+. The van der Waals surface area contributed by atoms with Crippen molar-refractivity contribution in [3.05, 3.63) is 47.0 Å². The van der Waals surface area contributed by atoms with Crippen LogP contribution < -0.4 is 0 Å². The molecule has 0 N–H and O–H groups in total. The highest BCUT2D eigenvalue weighted by Crippen LogP contribution is 2.23. The molecule has 2 heteroatoms. The second kappa shape index (κ2) is 5.55. The third-order valence-corrected chi connectivity index (χ3v) is 2.85. The van der Waals surface area contributed by atoms with E-state index in [1.54, 1.807) is 11.3 Å². The lowest BCUT2D eigenvalue weighted by Gasteiger charge is -1.96. The fourth-order valence-corrected chi connectivity index (χ4v) is 1.95. The number of aromatic nitrogens is 1. The predicted molar refractivity (Wildman–Crippen MR) is 64.5 cm³/mol. The number of hydrogen-bond donors (Lipinski definition) is 0. The summed E-state index contributed by atoms with van der Waals surface area (Å²) in [6.07, 6.45) is 9.20. The van der Waals surface area contributed by atoms with Gasteiger partial charge in [-0.25, -0.2) is 4.98 Å². The summed E-state index contributed by atoms with van der Waals surface area (Å²) in [4.78, 5) is 5.43. The molecule has 0 radical (unpaired) electrons. The van der Waals surface area contributed by atoms with Crippen LogP contribution in [0.25, 0.3) is 5.57 Å². The number of aryl methyl sites for hydroxylation is 1. The average molecular weight is 205 g/mol. The monoisotopic (exact) mass is 205 g/mol. The number of hydrogen-bond acceptors (Lipinski definition) is 2. The normalized spacial score (nSPS) is 12.3. The third-order valence-electron chi connectivity index (χ3n) is 1.88. The van der Waals surface area contributed by atoms with Gasteiger partial charge in [0.25, 0.3) is 0 Å². The zero-order valence-electron chi connectivity index (χ0n) is 8.66. The minimum absolute atomic E-state index is 1.06. The molecule has 0 unspecified atom stereocenters. The molecule has 0 aliphatic heterocycles. The summed E-state index contributed by atoms with van der Waals surface area (Å²) in [6.45, 7) is 7.95. The third kappa shape index (κ3) is 2.67. The van der Waals surface area contributed by atoms with Crippen molar-refractivity contribution in [2.24, 2.45) is 0 Å². The Bertz CT molecular complexity index is 358. The van der Waals surface area contributed by atoms with Crippen LogP contribution in [0.3, 0.4) is 0 Å². The molecule has 14 heavy (non-hydrogen) atoms. The number of thiazole rings is 1. The van der Waals surface area contributed by atoms with Crippen molar-refractivity contribution in [3.63, 3.8) is 0 Å².